The van der Waals surface area contributed by atoms with Gasteiger partial charge in [-0.05, 0) is 65.7 Å². The number of benzene rings is 4. The van der Waals surface area contributed by atoms with Crippen molar-refractivity contribution in [2.24, 2.45) is 0 Å². The monoisotopic (exact) mass is 577 g/mol. The van der Waals surface area contributed by atoms with Crippen LogP contribution in [0.4, 0.5) is 4.39 Å². The molecule has 0 N–H and O–H groups in total. The lowest BCUT2D eigenvalue weighted by atomic mass is 10.1. The molecular weight excluding hydrogens is 554 g/mol. The predicted molar refractivity (Wildman–Crippen MR) is 165 cm³/mol. The molecule has 0 aliphatic carbocycles. The van der Waals surface area contributed by atoms with Gasteiger partial charge in [0.25, 0.3) is 5.91 Å². The van der Waals surface area contributed by atoms with E-state index >= 15 is 0 Å². The Hall–Kier alpha value is -4.53. The van der Waals surface area contributed by atoms with Crippen molar-refractivity contribution in [2.45, 2.75) is 13.2 Å². The summed E-state index contributed by atoms with van der Waals surface area (Å²) in [5.74, 6) is 0.290. The number of ether oxygens (including phenoxy) is 1. The first-order valence-corrected chi connectivity index (χ1v) is 14.2. The zero-order chi connectivity index (χ0) is 28.2. The third-order valence-electron chi connectivity index (χ3n) is 6.55. The molecule has 1 aliphatic heterocycles. The summed E-state index contributed by atoms with van der Waals surface area (Å²) >= 11 is 6.87. The Bertz CT molecular complexity index is 1720. The normalized spacial score (nSPS) is 14.2. The Morgan fingerprint density at radius 1 is 0.854 bits per heavy atom. The highest BCUT2D eigenvalue weighted by Crippen LogP contribution is 2.36. The molecule has 1 aliphatic rings. The van der Waals surface area contributed by atoms with Gasteiger partial charge in [-0.2, -0.15) is 5.10 Å². The molecule has 0 bridgehead atoms. The quantitative estimate of drug-likeness (QED) is 0.140. The lowest BCUT2D eigenvalue weighted by molar-refractivity contribution is -0.122. The molecular formula is C33H24FN3O2S2. The van der Waals surface area contributed by atoms with Gasteiger partial charge in [0, 0.05) is 17.3 Å². The second-order valence-corrected chi connectivity index (χ2v) is 11.1. The number of para-hydroxylation sites is 1. The Balaban J connectivity index is 1.28. The number of carbonyl (C=O) groups is 1. The van der Waals surface area contributed by atoms with E-state index in [2.05, 4.69) is 0 Å². The summed E-state index contributed by atoms with van der Waals surface area (Å²) in [6.45, 7) is 0.761. The summed E-state index contributed by atoms with van der Waals surface area (Å²) in [5, 5.41) is 4.88. The molecule has 0 saturated carbocycles. The van der Waals surface area contributed by atoms with E-state index in [1.54, 1.807) is 17.0 Å². The summed E-state index contributed by atoms with van der Waals surface area (Å²) in [6.07, 6.45) is 3.79. The first-order valence-electron chi connectivity index (χ1n) is 13.0. The van der Waals surface area contributed by atoms with Gasteiger partial charge in [-0.3, -0.25) is 9.69 Å². The molecule has 5 nitrogen and oxygen atoms in total. The molecule has 202 valence electrons. The average Bonchev–Trinajstić information content (AvgIpc) is 3.54. The summed E-state index contributed by atoms with van der Waals surface area (Å²) in [4.78, 5) is 15.6. The first kappa shape index (κ1) is 26.7. The molecule has 0 radical (unpaired) electrons. The van der Waals surface area contributed by atoms with E-state index in [0.29, 0.717) is 28.1 Å². The van der Waals surface area contributed by atoms with Gasteiger partial charge in [-0.1, -0.05) is 84.6 Å². The van der Waals surface area contributed by atoms with Gasteiger partial charge >= 0.3 is 0 Å². The van der Waals surface area contributed by atoms with E-state index in [0.717, 1.165) is 33.6 Å². The number of carbonyl (C=O) groups excluding carboxylic acids is 1. The Morgan fingerprint density at radius 2 is 1.54 bits per heavy atom. The maximum absolute atomic E-state index is 13.4. The van der Waals surface area contributed by atoms with Gasteiger partial charge in [-0.25, -0.2) is 9.07 Å². The van der Waals surface area contributed by atoms with Crippen LogP contribution in [-0.2, 0) is 17.9 Å². The molecule has 0 unspecified atom stereocenters. The van der Waals surface area contributed by atoms with Gasteiger partial charge in [0.1, 0.15) is 22.5 Å². The first-order chi connectivity index (χ1) is 20.0. The minimum atomic E-state index is -0.276. The van der Waals surface area contributed by atoms with Crippen molar-refractivity contribution < 1.29 is 13.9 Å². The SMILES string of the molecule is O=C1/C(=C\c2cn(-c3ccccc3)nc2-c2ccc(OCc3ccc(F)cc3)cc2)SC(=S)N1Cc1ccccc1. The highest BCUT2D eigenvalue weighted by atomic mass is 32.2. The summed E-state index contributed by atoms with van der Waals surface area (Å²) in [7, 11) is 0. The van der Waals surface area contributed by atoms with Gasteiger partial charge < -0.3 is 4.74 Å². The molecule has 41 heavy (non-hydrogen) atoms. The van der Waals surface area contributed by atoms with Crippen molar-refractivity contribution in [3.05, 3.63) is 143 Å². The van der Waals surface area contributed by atoms with Crippen LogP contribution in [0.2, 0.25) is 0 Å². The van der Waals surface area contributed by atoms with E-state index in [1.807, 2.05) is 102 Å². The van der Waals surface area contributed by atoms with Crippen molar-refractivity contribution in [1.82, 2.24) is 14.7 Å². The number of nitrogens with zero attached hydrogens (tertiary/aromatic N) is 3. The van der Waals surface area contributed by atoms with Crippen LogP contribution in [0, 0.1) is 5.82 Å². The van der Waals surface area contributed by atoms with Crippen molar-refractivity contribution in [3.8, 4) is 22.7 Å². The molecule has 2 heterocycles. The van der Waals surface area contributed by atoms with Crippen molar-refractivity contribution >= 4 is 40.3 Å². The third kappa shape index (κ3) is 6.14. The van der Waals surface area contributed by atoms with Crippen LogP contribution in [0.3, 0.4) is 0 Å². The van der Waals surface area contributed by atoms with Crippen molar-refractivity contribution in [3.63, 3.8) is 0 Å². The Morgan fingerprint density at radius 3 is 2.24 bits per heavy atom. The van der Waals surface area contributed by atoms with E-state index in [-0.39, 0.29) is 11.7 Å². The summed E-state index contributed by atoms with van der Waals surface area (Å²) < 4.78 is 21.4. The highest BCUT2D eigenvalue weighted by Gasteiger charge is 2.32. The maximum atomic E-state index is 13.4. The smallest absolute Gasteiger partial charge is 0.266 e. The molecule has 1 fully saturated rings. The standard InChI is InChI=1S/C33H24FN3O2S2/c34-27-15-11-24(12-16-27)22-39-29-17-13-25(14-18-29)31-26(21-37(35-31)28-9-5-2-6-10-28)19-30-32(38)36(33(40)41-30)20-23-7-3-1-4-8-23/h1-19,21H,20,22H2/b30-19+. The number of rotatable bonds is 8. The summed E-state index contributed by atoms with van der Waals surface area (Å²) in [6, 6.07) is 33.5. The number of aromatic nitrogens is 2. The van der Waals surface area contributed by atoms with Crippen LogP contribution in [-0.4, -0.2) is 24.9 Å². The second kappa shape index (κ2) is 11.9. The van der Waals surface area contributed by atoms with E-state index in [4.69, 9.17) is 22.1 Å². The van der Waals surface area contributed by atoms with Crippen LogP contribution in [0.1, 0.15) is 16.7 Å². The van der Waals surface area contributed by atoms with Crippen LogP contribution >= 0.6 is 24.0 Å². The number of amides is 1. The van der Waals surface area contributed by atoms with Crippen molar-refractivity contribution in [2.75, 3.05) is 0 Å². The van der Waals surface area contributed by atoms with Gasteiger partial charge in [0.15, 0.2) is 0 Å². The zero-order valence-corrected chi connectivity index (χ0v) is 23.4. The minimum Gasteiger partial charge on any atom is -0.489 e. The van der Waals surface area contributed by atoms with Gasteiger partial charge in [0.2, 0.25) is 0 Å². The molecule has 0 atom stereocenters. The average molecular weight is 578 g/mol. The molecule has 1 saturated heterocycles. The van der Waals surface area contributed by atoms with Crippen LogP contribution < -0.4 is 4.74 Å². The molecule has 4 aromatic carbocycles. The van der Waals surface area contributed by atoms with E-state index in [9.17, 15) is 9.18 Å². The Labute approximate surface area is 246 Å². The molecule has 6 rings (SSSR count). The number of thiocarbonyl (C=S) groups is 1. The zero-order valence-electron chi connectivity index (χ0n) is 21.8. The lowest BCUT2D eigenvalue weighted by Crippen LogP contribution is -2.27. The fourth-order valence-electron chi connectivity index (χ4n) is 4.43. The van der Waals surface area contributed by atoms with Crippen LogP contribution in [0.15, 0.2) is 120 Å². The topological polar surface area (TPSA) is 47.4 Å². The highest BCUT2D eigenvalue weighted by molar-refractivity contribution is 8.26. The van der Waals surface area contributed by atoms with Gasteiger partial charge in [0.05, 0.1) is 22.8 Å². The fraction of sp³-hybridized carbons (Fsp3) is 0.0606. The Kier molecular flexibility index (Phi) is 7.75. The minimum absolute atomic E-state index is 0.119. The number of hydrogen-bond donors (Lipinski definition) is 0. The summed E-state index contributed by atoms with van der Waals surface area (Å²) in [5.41, 5.74) is 5.21. The molecule has 1 amide bonds. The van der Waals surface area contributed by atoms with E-state index < -0.39 is 0 Å². The molecule has 1 aromatic heterocycles. The molecule has 5 aromatic rings. The van der Waals surface area contributed by atoms with Crippen LogP contribution in [0.25, 0.3) is 23.0 Å². The maximum Gasteiger partial charge on any atom is 0.266 e. The lowest BCUT2D eigenvalue weighted by Gasteiger charge is -2.14. The van der Waals surface area contributed by atoms with Gasteiger partial charge in [-0.15, -0.1) is 0 Å². The number of halogens is 1. The largest absolute Gasteiger partial charge is 0.489 e. The second-order valence-electron chi connectivity index (χ2n) is 9.41. The van der Waals surface area contributed by atoms with E-state index in [1.165, 1.54) is 23.9 Å². The molecule has 0 spiro atoms. The third-order valence-corrected chi connectivity index (χ3v) is 7.93. The van der Waals surface area contributed by atoms with Crippen LogP contribution in [0.5, 0.6) is 5.75 Å². The van der Waals surface area contributed by atoms with Crippen molar-refractivity contribution in [1.29, 1.82) is 0 Å². The number of hydrogen-bond acceptors (Lipinski definition) is 5. The number of thioether (sulfide) groups is 1. The fourth-order valence-corrected chi connectivity index (χ4v) is 5.68. The predicted octanol–water partition coefficient (Wildman–Crippen LogP) is 7.66. The molecule has 8 heteroatoms.